The molecule has 3 rings (SSSR count). The fraction of sp³-hybridized carbons (Fsp3) is 0.412. The Balaban J connectivity index is 1.76. The molecule has 7 heteroatoms. The van der Waals surface area contributed by atoms with Crippen LogP contribution in [0.4, 0.5) is 5.69 Å². The summed E-state index contributed by atoms with van der Waals surface area (Å²) in [4.78, 5) is 23.8. The Bertz CT molecular complexity index is 680. The van der Waals surface area contributed by atoms with Crippen molar-refractivity contribution in [2.45, 2.75) is 19.0 Å². The van der Waals surface area contributed by atoms with Crippen molar-refractivity contribution in [2.75, 3.05) is 32.7 Å². The maximum Gasteiger partial charge on any atom is 0.244 e. The number of hydrogen-bond acceptors (Lipinski definition) is 5. The number of benzene rings is 1. The molecule has 2 aromatic rings. The summed E-state index contributed by atoms with van der Waals surface area (Å²) in [5.74, 6) is 1.44. The highest BCUT2D eigenvalue weighted by atomic mass is 16.5. The average Bonchev–Trinajstić information content (AvgIpc) is 3.23. The van der Waals surface area contributed by atoms with E-state index in [1.165, 1.54) is 0 Å². The van der Waals surface area contributed by atoms with Gasteiger partial charge in [-0.3, -0.25) is 9.69 Å². The van der Waals surface area contributed by atoms with Gasteiger partial charge in [-0.1, -0.05) is 0 Å². The molecular formula is C17H22N4O3. The number of ether oxygens (including phenoxy) is 2. The average molecular weight is 330 g/mol. The van der Waals surface area contributed by atoms with E-state index >= 15 is 0 Å². The lowest BCUT2D eigenvalue weighted by Crippen LogP contribution is -2.39. The molecule has 1 aliphatic heterocycles. The van der Waals surface area contributed by atoms with Gasteiger partial charge in [-0.25, -0.2) is 4.98 Å². The lowest BCUT2D eigenvalue weighted by Gasteiger charge is -2.23. The fourth-order valence-corrected chi connectivity index (χ4v) is 3.03. The van der Waals surface area contributed by atoms with Gasteiger partial charge in [0.25, 0.3) is 0 Å². The van der Waals surface area contributed by atoms with Crippen molar-refractivity contribution in [3.63, 3.8) is 0 Å². The summed E-state index contributed by atoms with van der Waals surface area (Å²) >= 11 is 0. The second kappa shape index (κ2) is 6.92. The van der Waals surface area contributed by atoms with Gasteiger partial charge in [0.1, 0.15) is 11.5 Å². The van der Waals surface area contributed by atoms with E-state index < -0.39 is 0 Å². The highest BCUT2D eigenvalue weighted by molar-refractivity contribution is 5.99. The SMILES string of the molecule is COc1cc(OC)cc(N2CCC(N(C)Cc3cnc[nH]3)C2=O)c1. The van der Waals surface area contributed by atoms with Crippen LogP contribution in [0, 0.1) is 0 Å². The van der Waals surface area contributed by atoms with Crippen LogP contribution in [0.25, 0.3) is 0 Å². The van der Waals surface area contributed by atoms with Crippen molar-refractivity contribution in [1.82, 2.24) is 14.9 Å². The molecule has 1 fully saturated rings. The molecule has 2 heterocycles. The summed E-state index contributed by atoms with van der Waals surface area (Å²) in [6, 6.07) is 5.37. The number of carbonyl (C=O) groups excluding carboxylic acids is 1. The molecule has 1 N–H and O–H groups in total. The molecule has 0 aliphatic carbocycles. The van der Waals surface area contributed by atoms with E-state index in [1.54, 1.807) is 37.7 Å². The Morgan fingerprint density at radius 2 is 2.00 bits per heavy atom. The normalized spacial score (nSPS) is 17.6. The van der Waals surface area contributed by atoms with Crippen molar-refractivity contribution in [2.24, 2.45) is 0 Å². The number of aromatic nitrogens is 2. The van der Waals surface area contributed by atoms with Crippen LogP contribution in [0.5, 0.6) is 11.5 Å². The van der Waals surface area contributed by atoms with Crippen LogP contribution >= 0.6 is 0 Å². The van der Waals surface area contributed by atoms with Gasteiger partial charge in [-0.15, -0.1) is 0 Å². The Morgan fingerprint density at radius 3 is 2.58 bits per heavy atom. The molecule has 24 heavy (non-hydrogen) atoms. The zero-order chi connectivity index (χ0) is 17.1. The summed E-state index contributed by atoms with van der Waals surface area (Å²) in [5.41, 5.74) is 1.79. The van der Waals surface area contributed by atoms with Crippen LogP contribution in [0.3, 0.4) is 0 Å². The smallest absolute Gasteiger partial charge is 0.244 e. The topological polar surface area (TPSA) is 70.7 Å². The number of anilines is 1. The van der Waals surface area contributed by atoms with Crippen molar-refractivity contribution in [1.29, 1.82) is 0 Å². The first kappa shape index (κ1) is 16.3. The van der Waals surface area contributed by atoms with E-state index in [1.807, 2.05) is 24.1 Å². The molecule has 0 radical (unpaired) electrons. The van der Waals surface area contributed by atoms with E-state index in [0.29, 0.717) is 24.6 Å². The zero-order valence-electron chi connectivity index (χ0n) is 14.2. The van der Waals surface area contributed by atoms with Crippen molar-refractivity contribution in [3.8, 4) is 11.5 Å². The minimum atomic E-state index is -0.148. The predicted octanol–water partition coefficient (Wildman–Crippen LogP) is 1.66. The van der Waals surface area contributed by atoms with E-state index in [4.69, 9.17) is 9.47 Å². The molecule has 128 valence electrons. The molecular weight excluding hydrogens is 308 g/mol. The Morgan fingerprint density at radius 1 is 1.29 bits per heavy atom. The highest BCUT2D eigenvalue weighted by Crippen LogP contribution is 2.31. The standard InChI is InChI=1S/C17H22N4O3/c1-20(10-12-9-18-11-19-12)16-4-5-21(17(16)22)13-6-14(23-2)8-15(7-13)24-3/h6-9,11,16H,4-5,10H2,1-3H3,(H,18,19). The van der Waals surface area contributed by atoms with Crippen molar-refractivity contribution >= 4 is 11.6 Å². The molecule has 1 atom stereocenters. The second-order valence-electron chi connectivity index (χ2n) is 5.86. The Kier molecular flexibility index (Phi) is 4.71. The summed E-state index contributed by atoms with van der Waals surface area (Å²) in [5, 5.41) is 0. The second-order valence-corrected chi connectivity index (χ2v) is 5.86. The van der Waals surface area contributed by atoms with Crippen LogP contribution in [0.2, 0.25) is 0 Å². The number of nitrogens with one attached hydrogen (secondary N) is 1. The summed E-state index contributed by atoms with van der Waals surface area (Å²) in [6.07, 6.45) is 4.21. The molecule has 1 saturated heterocycles. The third-order valence-electron chi connectivity index (χ3n) is 4.33. The molecule has 1 aliphatic rings. The lowest BCUT2D eigenvalue weighted by atomic mass is 10.2. The van der Waals surface area contributed by atoms with Crippen molar-refractivity contribution < 1.29 is 14.3 Å². The summed E-state index contributed by atoms with van der Waals surface area (Å²) < 4.78 is 10.6. The number of hydrogen-bond donors (Lipinski definition) is 1. The number of nitrogens with zero attached hydrogens (tertiary/aromatic N) is 3. The first-order valence-corrected chi connectivity index (χ1v) is 7.84. The zero-order valence-corrected chi connectivity index (χ0v) is 14.2. The van der Waals surface area contributed by atoms with Crippen LogP contribution < -0.4 is 14.4 Å². The molecule has 0 spiro atoms. The van der Waals surface area contributed by atoms with Gasteiger partial charge in [0.05, 0.1) is 32.3 Å². The Hall–Kier alpha value is -2.54. The summed E-state index contributed by atoms with van der Waals surface area (Å²) in [6.45, 7) is 1.33. The number of rotatable bonds is 6. The highest BCUT2D eigenvalue weighted by Gasteiger charge is 2.35. The van der Waals surface area contributed by atoms with E-state index in [0.717, 1.165) is 17.8 Å². The third-order valence-corrected chi connectivity index (χ3v) is 4.33. The van der Waals surface area contributed by atoms with Crippen LogP contribution in [-0.2, 0) is 11.3 Å². The number of carbonyl (C=O) groups is 1. The van der Waals surface area contributed by atoms with Gasteiger partial charge in [-0.05, 0) is 13.5 Å². The summed E-state index contributed by atoms with van der Waals surface area (Å²) in [7, 11) is 5.16. The van der Waals surface area contributed by atoms with Gasteiger partial charge in [0.15, 0.2) is 0 Å². The van der Waals surface area contributed by atoms with Crippen LogP contribution in [0.1, 0.15) is 12.1 Å². The van der Waals surface area contributed by atoms with E-state index in [9.17, 15) is 4.79 Å². The molecule has 0 saturated carbocycles. The van der Waals surface area contributed by atoms with Crippen molar-refractivity contribution in [3.05, 3.63) is 36.4 Å². The Labute approximate surface area is 141 Å². The fourth-order valence-electron chi connectivity index (χ4n) is 3.03. The number of amides is 1. The minimum absolute atomic E-state index is 0.0901. The first-order valence-electron chi connectivity index (χ1n) is 7.84. The minimum Gasteiger partial charge on any atom is -0.497 e. The quantitative estimate of drug-likeness (QED) is 0.872. The molecule has 0 bridgehead atoms. The molecule has 1 aromatic carbocycles. The monoisotopic (exact) mass is 330 g/mol. The maximum atomic E-state index is 12.9. The maximum absolute atomic E-state index is 12.9. The number of imidazole rings is 1. The van der Waals surface area contributed by atoms with E-state index in [2.05, 4.69) is 9.97 Å². The molecule has 1 aromatic heterocycles. The number of likely N-dealkylation sites (N-methyl/N-ethyl adjacent to an activating group) is 1. The number of aromatic amines is 1. The van der Waals surface area contributed by atoms with Crippen LogP contribution in [-0.4, -0.2) is 54.6 Å². The lowest BCUT2D eigenvalue weighted by molar-refractivity contribution is -0.121. The van der Waals surface area contributed by atoms with E-state index in [-0.39, 0.29) is 11.9 Å². The van der Waals surface area contributed by atoms with Gasteiger partial charge in [-0.2, -0.15) is 0 Å². The number of methoxy groups -OCH3 is 2. The molecule has 7 nitrogen and oxygen atoms in total. The predicted molar refractivity (Wildman–Crippen MR) is 90.4 cm³/mol. The van der Waals surface area contributed by atoms with Gasteiger partial charge < -0.3 is 19.4 Å². The van der Waals surface area contributed by atoms with Crippen LogP contribution in [0.15, 0.2) is 30.7 Å². The largest absolute Gasteiger partial charge is 0.497 e. The number of H-pyrrole nitrogens is 1. The van der Waals surface area contributed by atoms with Gasteiger partial charge >= 0.3 is 0 Å². The third kappa shape index (κ3) is 3.21. The van der Waals surface area contributed by atoms with Gasteiger partial charge in [0.2, 0.25) is 5.91 Å². The molecule has 1 unspecified atom stereocenters. The first-order chi connectivity index (χ1) is 11.6. The molecule has 1 amide bonds. The van der Waals surface area contributed by atoms with Gasteiger partial charge in [0, 0.05) is 43.2 Å².